The second kappa shape index (κ2) is 6.98. The van der Waals surface area contributed by atoms with Gasteiger partial charge in [-0.1, -0.05) is 6.07 Å². The molecule has 0 saturated carbocycles. The van der Waals surface area contributed by atoms with Crippen LogP contribution in [0.1, 0.15) is 38.8 Å². The Hall–Kier alpha value is -1.79. The van der Waals surface area contributed by atoms with Gasteiger partial charge in [0.1, 0.15) is 5.82 Å². The van der Waals surface area contributed by atoms with E-state index in [2.05, 4.69) is 15.6 Å². The van der Waals surface area contributed by atoms with Crippen LogP contribution < -0.4 is 10.6 Å². The van der Waals surface area contributed by atoms with Crippen molar-refractivity contribution in [1.29, 1.82) is 0 Å². The summed E-state index contributed by atoms with van der Waals surface area (Å²) < 4.78 is 51.8. The van der Waals surface area contributed by atoms with Crippen molar-refractivity contribution in [1.82, 2.24) is 10.6 Å². The Morgan fingerprint density at radius 1 is 1.18 bits per heavy atom. The van der Waals surface area contributed by atoms with Crippen molar-refractivity contribution in [2.45, 2.75) is 46.0 Å². The van der Waals surface area contributed by atoms with Crippen LogP contribution in [0.4, 0.5) is 17.6 Å². The van der Waals surface area contributed by atoms with E-state index in [1.807, 2.05) is 27.7 Å². The first-order valence-electron chi connectivity index (χ1n) is 6.95. The van der Waals surface area contributed by atoms with Crippen molar-refractivity contribution in [3.63, 3.8) is 0 Å². The molecule has 0 heterocycles. The molecule has 0 bridgehead atoms. The van der Waals surface area contributed by atoms with E-state index >= 15 is 0 Å². The summed E-state index contributed by atoms with van der Waals surface area (Å²) in [5, 5.41) is 6.04. The first-order valence-corrected chi connectivity index (χ1v) is 6.95. The zero-order chi connectivity index (χ0) is 17.0. The summed E-state index contributed by atoms with van der Waals surface area (Å²) in [4.78, 5) is 4.14. The highest BCUT2D eigenvalue weighted by molar-refractivity contribution is 5.80. The van der Waals surface area contributed by atoms with Crippen molar-refractivity contribution < 1.29 is 17.6 Å². The van der Waals surface area contributed by atoms with E-state index in [0.29, 0.717) is 18.6 Å². The number of nitrogens with zero attached hydrogens (tertiary/aromatic N) is 1. The minimum absolute atomic E-state index is 0.0694. The first kappa shape index (κ1) is 18.3. The minimum atomic E-state index is -4.61. The number of hydrogen-bond acceptors (Lipinski definition) is 1. The van der Waals surface area contributed by atoms with E-state index < -0.39 is 17.6 Å². The molecule has 124 valence electrons. The molecule has 0 aliphatic rings. The lowest BCUT2D eigenvalue weighted by atomic mass is 10.1. The lowest BCUT2D eigenvalue weighted by Crippen LogP contribution is -2.47. The summed E-state index contributed by atoms with van der Waals surface area (Å²) in [5.74, 6) is -0.507. The van der Waals surface area contributed by atoms with Gasteiger partial charge in [0.05, 0.1) is 12.1 Å². The highest BCUT2D eigenvalue weighted by Gasteiger charge is 2.33. The van der Waals surface area contributed by atoms with Gasteiger partial charge in [-0.3, -0.25) is 0 Å². The van der Waals surface area contributed by atoms with Crippen molar-refractivity contribution in [2.24, 2.45) is 4.99 Å². The van der Waals surface area contributed by atoms with Crippen molar-refractivity contribution >= 4 is 5.96 Å². The Balaban J connectivity index is 3.04. The number of rotatable bonds is 3. The fraction of sp³-hybridized carbons (Fsp3) is 0.533. The number of aliphatic imine (C=N–C) groups is 1. The molecule has 1 aromatic carbocycles. The molecule has 3 nitrogen and oxygen atoms in total. The fourth-order valence-electron chi connectivity index (χ4n) is 1.78. The molecule has 0 unspecified atom stereocenters. The third-order valence-electron chi connectivity index (χ3n) is 2.62. The van der Waals surface area contributed by atoms with Crippen LogP contribution in [-0.2, 0) is 12.7 Å². The van der Waals surface area contributed by atoms with Crippen molar-refractivity contribution in [3.8, 4) is 0 Å². The van der Waals surface area contributed by atoms with Gasteiger partial charge in [-0.2, -0.15) is 13.2 Å². The van der Waals surface area contributed by atoms with Gasteiger partial charge in [0.2, 0.25) is 0 Å². The molecule has 2 N–H and O–H groups in total. The Kier molecular flexibility index (Phi) is 5.79. The quantitative estimate of drug-likeness (QED) is 0.506. The molecular formula is C15H21F4N3. The molecule has 0 aliphatic carbocycles. The zero-order valence-corrected chi connectivity index (χ0v) is 13.1. The topological polar surface area (TPSA) is 36.4 Å². The molecule has 0 spiro atoms. The lowest BCUT2D eigenvalue weighted by molar-refractivity contribution is -0.138. The number of nitrogens with one attached hydrogen (secondary N) is 2. The Morgan fingerprint density at radius 3 is 2.32 bits per heavy atom. The van der Waals surface area contributed by atoms with Crippen LogP contribution in [0.5, 0.6) is 0 Å². The predicted octanol–water partition coefficient (Wildman–Crippen LogP) is 3.70. The van der Waals surface area contributed by atoms with Gasteiger partial charge >= 0.3 is 6.18 Å². The summed E-state index contributed by atoms with van der Waals surface area (Å²) in [5.41, 5.74) is -1.35. The van der Waals surface area contributed by atoms with Gasteiger partial charge in [0.15, 0.2) is 5.96 Å². The van der Waals surface area contributed by atoms with Gasteiger partial charge in [0, 0.05) is 12.1 Å². The number of alkyl halides is 3. The van der Waals surface area contributed by atoms with Gasteiger partial charge in [-0.15, -0.1) is 0 Å². The highest BCUT2D eigenvalue weighted by Crippen LogP contribution is 2.32. The average Bonchev–Trinajstić information content (AvgIpc) is 2.34. The minimum Gasteiger partial charge on any atom is -0.357 e. The van der Waals surface area contributed by atoms with Crippen LogP contribution in [0.2, 0.25) is 0 Å². The van der Waals surface area contributed by atoms with E-state index in [0.717, 1.165) is 12.1 Å². The van der Waals surface area contributed by atoms with E-state index in [-0.39, 0.29) is 17.6 Å². The molecule has 0 aromatic heterocycles. The number of halogens is 4. The zero-order valence-electron chi connectivity index (χ0n) is 13.1. The number of hydrogen-bond donors (Lipinski definition) is 2. The molecule has 0 saturated heterocycles. The Labute approximate surface area is 127 Å². The van der Waals surface area contributed by atoms with Gasteiger partial charge in [-0.05, 0) is 45.4 Å². The maximum atomic E-state index is 13.1. The van der Waals surface area contributed by atoms with Crippen molar-refractivity contribution in [2.75, 3.05) is 6.54 Å². The molecule has 1 aromatic rings. The molecule has 22 heavy (non-hydrogen) atoms. The number of benzene rings is 1. The smallest absolute Gasteiger partial charge is 0.357 e. The van der Waals surface area contributed by atoms with E-state index in [4.69, 9.17) is 0 Å². The van der Waals surface area contributed by atoms with E-state index in [1.54, 1.807) is 0 Å². The third kappa shape index (κ3) is 5.91. The van der Waals surface area contributed by atoms with Crippen LogP contribution in [0.25, 0.3) is 0 Å². The monoisotopic (exact) mass is 319 g/mol. The highest BCUT2D eigenvalue weighted by atomic mass is 19.4. The Morgan fingerprint density at radius 2 is 1.82 bits per heavy atom. The molecule has 7 heteroatoms. The SMILES string of the molecule is CCNC(=NCc1ccc(F)cc1C(F)(F)F)NC(C)(C)C. The standard InChI is InChI=1S/C15H21F4N3/c1-5-20-13(22-14(2,3)4)21-9-10-6-7-11(16)8-12(10)15(17,18)19/h6-8H,5,9H2,1-4H3,(H2,20,21,22). The largest absolute Gasteiger partial charge is 0.416 e. The summed E-state index contributed by atoms with van der Waals surface area (Å²) >= 11 is 0. The van der Waals surface area contributed by atoms with Gasteiger partial charge in [0.25, 0.3) is 0 Å². The second-order valence-electron chi connectivity index (χ2n) is 5.87. The van der Waals surface area contributed by atoms with Gasteiger partial charge in [-0.25, -0.2) is 9.38 Å². The molecule has 0 radical (unpaired) electrons. The van der Waals surface area contributed by atoms with Crippen LogP contribution in [0.15, 0.2) is 23.2 Å². The number of guanidine groups is 1. The maximum absolute atomic E-state index is 13.1. The molecule has 0 amide bonds. The Bertz CT molecular complexity index is 531. The van der Waals surface area contributed by atoms with Gasteiger partial charge < -0.3 is 10.6 Å². The normalized spacial score (nSPS) is 13.2. The van der Waals surface area contributed by atoms with Crippen LogP contribution in [0, 0.1) is 5.82 Å². The third-order valence-corrected chi connectivity index (χ3v) is 2.62. The fourth-order valence-corrected chi connectivity index (χ4v) is 1.78. The van der Waals surface area contributed by atoms with E-state index in [1.165, 1.54) is 0 Å². The molecular weight excluding hydrogens is 298 g/mol. The van der Waals surface area contributed by atoms with Crippen LogP contribution in [-0.4, -0.2) is 18.0 Å². The summed E-state index contributed by atoms with van der Waals surface area (Å²) in [7, 11) is 0. The van der Waals surface area contributed by atoms with Crippen LogP contribution in [0.3, 0.4) is 0 Å². The van der Waals surface area contributed by atoms with Crippen molar-refractivity contribution in [3.05, 3.63) is 35.1 Å². The molecule has 0 atom stereocenters. The second-order valence-corrected chi connectivity index (χ2v) is 5.87. The lowest BCUT2D eigenvalue weighted by Gasteiger charge is -2.24. The first-order chi connectivity index (χ1) is 10.0. The maximum Gasteiger partial charge on any atom is 0.416 e. The predicted molar refractivity (Wildman–Crippen MR) is 79.1 cm³/mol. The molecule has 1 rings (SSSR count). The average molecular weight is 319 g/mol. The summed E-state index contributed by atoms with van der Waals surface area (Å²) in [6.45, 7) is 7.99. The van der Waals surface area contributed by atoms with Crippen LogP contribution >= 0.6 is 0 Å². The van der Waals surface area contributed by atoms with E-state index in [9.17, 15) is 17.6 Å². The molecule has 0 aliphatic heterocycles. The molecule has 0 fully saturated rings. The summed E-state index contributed by atoms with van der Waals surface area (Å²) in [6, 6.07) is 2.61. The summed E-state index contributed by atoms with van der Waals surface area (Å²) in [6.07, 6.45) is -4.61.